The van der Waals surface area contributed by atoms with Crippen molar-refractivity contribution in [2.24, 2.45) is 0 Å². The van der Waals surface area contributed by atoms with E-state index < -0.39 is 6.04 Å². The molecule has 6 nitrogen and oxygen atoms in total. The number of methoxy groups -OCH3 is 1. The number of carbonyl (C=O) groups excluding carboxylic acids is 1. The van der Waals surface area contributed by atoms with Gasteiger partial charge in [-0.15, -0.1) is 0 Å². The fourth-order valence-corrected chi connectivity index (χ4v) is 1.57. The van der Waals surface area contributed by atoms with Crippen LogP contribution in [0.3, 0.4) is 0 Å². The summed E-state index contributed by atoms with van der Waals surface area (Å²) < 4.78 is 11.8. The summed E-state index contributed by atoms with van der Waals surface area (Å²) in [6.45, 7) is 6.04. The number of nitrogens with zero attached hydrogens (tertiary/aromatic N) is 2. The molecule has 0 saturated heterocycles. The Morgan fingerprint density at radius 3 is 2.89 bits per heavy atom. The van der Waals surface area contributed by atoms with E-state index in [4.69, 9.17) is 9.47 Å². The molecule has 0 aliphatic heterocycles. The van der Waals surface area contributed by atoms with E-state index in [-0.39, 0.29) is 5.97 Å². The third-order valence-electron chi connectivity index (χ3n) is 2.49. The van der Waals surface area contributed by atoms with Crippen molar-refractivity contribution in [1.29, 1.82) is 0 Å². The van der Waals surface area contributed by atoms with E-state index in [2.05, 4.69) is 10.4 Å². The highest BCUT2D eigenvalue weighted by molar-refractivity contribution is 5.77. The molecule has 0 aromatic carbocycles. The number of esters is 1. The normalized spacial score (nSPS) is 12.4. The lowest BCUT2D eigenvalue weighted by molar-refractivity contribution is -0.145. The van der Waals surface area contributed by atoms with Crippen LogP contribution in [0.5, 0.6) is 0 Å². The average molecular weight is 255 g/mol. The molecule has 6 heteroatoms. The maximum atomic E-state index is 11.9. The monoisotopic (exact) mass is 255 g/mol. The molecule has 1 aromatic heterocycles. The fourth-order valence-electron chi connectivity index (χ4n) is 1.57. The molecular weight excluding hydrogens is 234 g/mol. The van der Waals surface area contributed by atoms with Gasteiger partial charge in [-0.25, -0.2) is 4.79 Å². The average Bonchev–Trinajstić information content (AvgIpc) is 2.83. The third kappa shape index (κ3) is 4.12. The van der Waals surface area contributed by atoms with E-state index in [0.717, 1.165) is 12.1 Å². The van der Waals surface area contributed by atoms with E-state index in [0.29, 0.717) is 19.8 Å². The van der Waals surface area contributed by atoms with E-state index in [1.807, 2.05) is 13.1 Å². The Hall–Kier alpha value is -1.40. The van der Waals surface area contributed by atoms with E-state index in [1.54, 1.807) is 24.9 Å². The first kappa shape index (κ1) is 14.7. The van der Waals surface area contributed by atoms with Crippen molar-refractivity contribution in [2.45, 2.75) is 26.4 Å². The summed E-state index contributed by atoms with van der Waals surface area (Å²) >= 11 is 0. The number of ether oxygens (including phenoxy) is 2. The van der Waals surface area contributed by atoms with Crippen LogP contribution in [-0.2, 0) is 20.8 Å². The first-order chi connectivity index (χ1) is 8.72. The van der Waals surface area contributed by atoms with Gasteiger partial charge in [-0.05, 0) is 13.8 Å². The molecule has 1 aromatic rings. The Labute approximate surface area is 107 Å². The Morgan fingerprint density at radius 2 is 2.33 bits per heavy atom. The number of hydrogen-bond donors (Lipinski definition) is 1. The zero-order valence-corrected chi connectivity index (χ0v) is 11.2. The van der Waals surface area contributed by atoms with Crippen molar-refractivity contribution < 1.29 is 14.3 Å². The maximum Gasteiger partial charge on any atom is 0.327 e. The molecule has 0 amide bonds. The van der Waals surface area contributed by atoms with E-state index in [9.17, 15) is 4.79 Å². The van der Waals surface area contributed by atoms with E-state index >= 15 is 0 Å². The van der Waals surface area contributed by atoms with Crippen LogP contribution >= 0.6 is 0 Å². The van der Waals surface area contributed by atoms with Gasteiger partial charge in [0.2, 0.25) is 0 Å². The molecule has 1 rings (SSSR count). The molecule has 0 aliphatic rings. The molecule has 0 aliphatic carbocycles. The molecule has 1 N–H and O–H groups in total. The lowest BCUT2D eigenvalue weighted by Crippen LogP contribution is -2.32. The lowest BCUT2D eigenvalue weighted by atomic mass is 10.1. The summed E-state index contributed by atoms with van der Waals surface area (Å²) in [6.07, 6.45) is 3.53. The molecule has 0 saturated carbocycles. The minimum absolute atomic E-state index is 0.288. The summed E-state index contributed by atoms with van der Waals surface area (Å²) in [5, 5.41) is 7.27. The standard InChI is InChI=1S/C12H21N3O3/c1-4-15-9-10(8-14-15)11(12(16)18-5-2)13-6-7-17-3/h8-9,11,13H,4-7H2,1-3H3. The van der Waals surface area contributed by atoms with Crippen molar-refractivity contribution in [1.82, 2.24) is 15.1 Å². The van der Waals surface area contributed by atoms with Gasteiger partial charge < -0.3 is 9.47 Å². The van der Waals surface area contributed by atoms with Crippen LogP contribution in [0.25, 0.3) is 0 Å². The van der Waals surface area contributed by atoms with Gasteiger partial charge >= 0.3 is 5.97 Å². The van der Waals surface area contributed by atoms with Crippen molar-refractivity contribution in [3.8, 4) is 0 Å². The first-order valence-electron chi connectivity index (χ1n) is 6.14. The highest BCUT2D eigenvalue weighted by Gasteiger charge is 2.22. The number of aryl methyl sites for hydroxylation is 1. The van der Waals surface area contributed by atoms with Crippen LogP contribution in [0.1, 0.15) is 25.5 Å². The molecule has 102 valence electrons. The Balaban J connectivity index is 2.72. The zero-order chi connectivity index (χ0) is 13.4. The second-order valence-corrected chi connectivity index (χ2v) is 3.76. The van der Waals surface area contributed by atoms with Crippen molar-refractivity contribution in [2.75, 3.05) is 26.9 Å². The van der Waals surface area contributed by atoms with Crippen molar-refractivity contribution >= 4 is 5.97 Å². The second kappa shape index (κ2) is 7.84. The van der Waals surface area contributed by atoms with Gasteiger partial charge in [0.1, 0.15) is 6.04 Å². The largest absolute Gasteiger partial charge is 0.465 e. The number of hydrogen-bond acceptors (Lipinski definition) is 5. The van der Waals surface area contributed by atoms with Crippen LogP contribution in [0, 0.1) is 0 Å². The van der Waals surface area contributed by atoms with Crippen LogP contribution in [0.4, 0.5) is 0 Å². The first-order valence-corrected chi connectivity index (χ1v) is 6.14. The van der Waals surface area contributed by atoms with Crippen LogP contribution in [0.15, 0.2) is 12.4 Å². The molecule has 0 spiro atoms. The molecule has 0 fully saturated rings. The molecule has 0 radical (unpaired) electrons. The quantitative estimate of drug-likeness (QED) is 0.548. The number of rotatable bonds is 8. The van der Waals surface area contributed by atoms with Crippen LogP contribution < -0.4 is 5.32 Å². The summed E-state index contributed by atoms with van der Waals surface area (Å²) in [6, 6.07) is -0.486. The third-order valence-corrected chi connectivity index (χ3v) is 2.49. The van der Waals surface area contributed by atoms with Gasteiger partial charge in [0.15, 0.2) is 0 Å². The summed E-state index contributed by atoms with van der Waals surface area (Å²) in [5.74, 6) is -0.288. The van der Waals surface area contributed by atoms with Gasteiger partial charge in [-0.3, -0.25) is 10.00 Å². The molecule has 1 unspecified atom stereocenters. The Morgan fingerprint density at radius 1 is 1.56 bits per heavy atom. The van der Waals surface area contributed by atoms with Gasteiger partial charge in [0.25, 0.3) is 0 Å². The predicted molar refractivity (Wildman–Crippen MR) is 67.2 cm³/mol. The number of nitrogens with one attached hydrogen (secondary N) is 1. The van der Waals surface area contributed by atoms with Gasteiger partial charge in [0, 0.05) is 32.0 Å². The molecular formula is C12H21N3O3. The summed E-state index contributed by atoms with van der Waals surface area (Å²) in [4.78, 5) is 11.9. The van der Waals surface area contributed by atoms with Crippen LogP contribution in [-0.4, -0.2) is 42.6 Å². The van der Waals surface area contributed by atoms with Gasteiger partial charge in [-0.1, -0.05) is 0 Å². The molecule has 18 heavy (non-hydrogen) atoms. The second-order valence-electron chi connectivity index (χ2n) is 3.76. The summed E-state index contributed by atoms with van der Waals surface area (Å²) in [5.41, 5.74) is 0.811. The molecule has 0 bridgehead atoms. The van der Waals surface area contributed by atoms with Crippen molar-refractivity contribution in [3.05, 3.63) is 18.0 Å². The van der Waals surface area contributed by atoms with Gasteiger partial charge in [0.05, 0.1) is 19.4 Å². The Kier molecular flexibility index (Phi) is 6.38. The fraction of sp³-hybridized carbons (Fsp3) is 0.667. The predicted octanol–water partition coefficient (Wildman–Crippen LogP) is 0.743. The van der Waals surface area contributed by atoms with Crippen LogP contribution in [0.2, 0.25) is 0 Å². The Bertz CT molecular complexity index is 365. The SMILES string of the molecule is CCOC(=O)C(NCCOC)c1cnn(CC)c1. The number of aromatic nitrogens is 2. The molecule has 1 atom stereocenters. The van der Waals surface area contributed by atoms with Gasteiger partial charge in [-0.2, -0.15) is 5.10 Å². The number of carbonyl (C=O) groups is 1. The lowest BCUT2D eigenvalue weighted by Gasteiger charge is -2.15. The maximum absolute atomic E-state index is 11.9. The van der Waals surface area contributed by atoms with E-state index in [1.165, 1.54) is 0 Å². The minimum atomic E-state index is -0.486. The zero-order valence-electron chi connectivity index (χ0n) is 11.2. The smallest absolute Gasteiger partial charge is 0.327 e. The molecule has 1 heterocycles. The topological polar surface area (TPSA) is 65.4 Å². The highest BCUT2D eigenvalue weighted by Crippen LogP contribution is 2.13. The summed E-state index contributed by atoms with van der Waals surface area (Å²) in [7, 11) is 1.62. The minimum Gasteiger partial charge on any atom is -0.465 e. The van der Waals surface area contributed by atoms with Crippen molar-refractivity contribution in [3.63, 3.8) is 0 Å². The highest BCUT2D eigenvalue weighted by atomic mass is 16.5.